The van der Waals surface area contributed by atoms with Crippen LogP contribution in [0.15, 0.2) is 30.0 Å². The van der Waals surface area contributed by atoms with Crippen LogP contribution in [0.4, 0.5) is 5.69 Å². The van der Waals surface area contributed by atoms with E-state index in [4.69, 9.17) is 4.52 Å². The van der Waals surface area contributed by atoms with E-state index in [9.17, 15) is 24.8 Å². The Morgan fingerprint density at radius 1 is 1.40 bits per heavy atom. The van der Waals surface area contributed by atoms with Gasteiger partial charge >= 0.3 is 5.97 Å². The molecule has 1 N–H and O–H groups in total. The van der Waals surface area contributed by atoms with Crippen molar-refractivity contribution >= 4 is 32.6 Å². The van der Waals surface area contributed by atoms with Gasteiger partial charge in [0, 0.05) is 18.1 Å². The second kappa shape index (κ2) is 6.20. The molecule has 1 aromatic carbocycles. The van der Waals surface area contributed by atoms with Gasteiger partial charge in [0.25, 0.3) is 5.69 Å². The molecule has 0 bridgehead atoms. The summed E-state index contributed by atoms with van der Waals surface area (Å²) in [5.74, 6) is -1.81. The number of hydrogen-bond donors (Lipinski definition) is 1. The Hall–Kier alpha value is -2.31. The Balaban J connectivity index is 2.09. The monoisotopic (exact) mass is 364 g/mol. The summed E-state index contributed by atoms with van der Waals surface area (Å²) in [6.45, 7) is 3.41. The lowest BCUT2D eigenvalue weighted by Gasteiger charge is -2.46. The summed E-state index contributed by atoms with van der Waals surface area (Å²) in [6.07, 6.45) is -0.833. The molecule has 1 fully saturated rings. The second-order valence-electron chi connectivity index (χ2n) is 6.23. The first-order valence-electron chi connectivity index (χ1n) is 7.70. The predicted molar refractivity (Wildman–Crippen MR) is 90.8 cm³/mol. The van der Waals surface area contributed by atoms with E-state index in [-0.39, 0.29) is 29.3 Å². The maximum absolute atomic E-state index is 12.4. The van der Waals surface area contributed by atoms with Gasteiger partial charge in [0.05, 0.1) is 32.5 Å². The molecule has 9 heteroatoms. The van der Waals surface area contributed by atoms with E-state index in [0.29, 0.717) is 11.1 Å². The van der Waals surface area contributed by atoms with Crippen LogP contribution < -0.4 is 0 Å². The number of hydrogen-bond acceptors (Lipinski definition) is 6. The maximum atomic E-state index is 12.4. The minimum absolute atomic E-state index is 0.0635. The van der Waals surface area contributed by atoms with Crippen LogP contribution in [0.2, 0.25) is 0 Å². The van der Waals surface area contributed by atoms with Crippen LogP contribution in [0, 0.1) is 22.0 Å². The molecule has 0 saturated carbocycles. The van der Waals surface area contributed by atoms with E-state index in [1.807, 2.05) is 16.4 Å². The Morgan fingerprint density at radius 2 is 2.00 bits per heavy atom. The highest BCUT2D eigenvalue weighted by atomic mass is 31.0. The van der Waals surface area contributed by atoms with Gasteiger partial charge in [0.1, 0.15) is 5.70 Å². The maximum Gasteiger partial charge on any atom is 0.357 e. The summed E-state index contributed by atoms with van der Waals surface area (Å²) in [5, 5.41) is 20.7. The van der Waals surface area contributed by atoms with E-state index in [0.717, 1.165) is 0 Å². The van der Waals surface area contributed by atoms with E-state index in [1.54, 1.807) is 19.1 Å². The zero-order chi connectivity index (χ0) is 18.5. The second-order valence-corrected chi connectivity index (χ2v) is 6.46. The molecule has 1 aromatic rings. The summed E-state index contributed by atoms with van der Waals surface area (Å²) in [6, 6.07) is 5.46. The number of nitro groups is 1. The number of β-lactam (4-membered cyclic amide) rings is 1. The molecule has 132 valence electrons. The number of non-ortho nitro benzene ring substituents is 1. The number of carbonyl (C=O) groups excluding carboxylic acids is 2. The molecule has 2 aliphatic heterocycles. The number of rotatable bonds is 4. The zero-order valence-electron chi connectivity index (χ0n) is 13.6. The highest BCUT2D eigenvalue weighted by molar-refractivity contribution is 7.10. The molecule has 1 unspecified atom stereocenters. The minimum atomic E-state index is -0.833. The molecule has 2 aliphatic rings. The van der Waals surface area contributed by atoms with Crippen molar-refractivity contribution in [3.05, 3.63) is 45.6 Å². The van der Waals surface area contributed by atoms with E-state index in [2.05, 4.69) is 0 Å². The fraction of sp³-hybridized carbons (Fsp3) is 0.375. The number of nitro benzene ring substituents is 1. The van der Waals surface area contributed by atoms with Gasteiger partial charge in [0.2, 0.25) is 5.91 Å². The van der Waals surface area contributed by atoms with E-state index in [1.165, 1.54) is 17.0 Å². The summed E-state index contributed by atoms with van der Waals surface area (Å²) < 4.78 is 4.75. The van der Waals surface area contributed by atoms with Crippen LogP contribution in [0.25, 0.3) is 5.57 Å². The molecule has 8 nitrogen and oxygen atoms in total. The van der Waals surface area contributed by atoms with Crippen LogP contribution >= 0.6 is 9.47 Å². The third-order valence-electron chi connectivity index (χ3n) is 4.86. The molecule has 0 spiro atoms. The molecule has 0 aromatic heterocycles. The summed E-state index contributed by atoms with van der Waals surface area (Å²) >= 11 is 0. The third-order valence-corrected chi connectivity index (χ3v) is 5.08. The van der Waals surface area contributed by atoms with E-state index < -0.39 is 22.9 Å². The molecular formula is C16H17N2O6P. The van der Waals surface area contributed by atoms with Gasteiger partial charge < -0.3 is 14.5 Å². The lowest BCUT2D eigenvalue weighted by atomic mass is 9.77. The highest BCUT2D eigenvalue weighted by Crippen LogP contribution is 2.50. The Bertz CT molecular complexity index is 788. The quantitative estimate of drug-likeness (QED) is 0.375. The van der Waals surface area contributed by atoms with Crippen molar-refractivity contribution in [2.75, 3.05) is 0 Å². The molecular weight excluding hydrogens is 347 g/mol. The number of amides is 1. The predicted octanol–water partition coefficient (Wildman–Crippen LogP) is 1.50. The van der Waals surface area contributed by atoms with Crippen molar-refractivity contribution < 1.29 is 24.1 Å². The number of carbonyl (C=O) groups is 2. The Kier molecular flexibility index (Phi) is 4.34. The number of aliphatic hydroxyl groups is 1. The van der Waals surface area contributed by atoms with Crippen LogP contribution in [-0.2, 0) is 14.1 Å². The third kappa shape index (κ3) is 2.53. The van der Waals surface area contributed by atoms with Crippen molar-refractivity contribution in [1.29, 1.82) is 0 Å². The lowest BCUT2D eigenvalue weighted by Crippen LogP contribution is -2.63. The van der Waals surface area contributed by atoms with Crippen molar-refractivity contribution in [2.24, 2.45) is 11.8 Å². The molecule has 2 heterocycles. The van der Waals surface area contributed by atoms with Crippen LogP contribution in [-0.4, -0.2) is 39.0 Å². The number of fused-ring (bicyclic) bond motifs is 1. The van der Waals surface area contributed by atoms with Crippen LogP contribution in [0.3, 0.4) is 0 Å². The summed E-state index contributed by atoms with van der Waals surface area (Å²) in [7, 11) is 1.86. The first kappa shape index (κ1) is 17.5. The van der Waals surface area contributed by atoms with Crippen molar-refractivity contribution in [1.82, 2.24) is 4.90 Å². The smallest absolute Gasteiger partial charge is 0.357 e. The van der Waals surface area contributed by atoms with Gasteiger partial charge in [-0.05, 0) is 30.2 Å². The number of aliphatic hydroxyl groups excluding tert-OH is 1. The van der Waals surface area contributed by atoms with Gasteiger partial charge in [-0.15, -0.1) is 0 Å². The normalized spacial score (nSPS) is 26.2. The Morgan fingerprint density at radius 3 is 2.48 bits per heavy atom. The lowest BCUT2D eigenvalue weighted by molar-refractivity contribution is -0.384. The largest absolute Gasteiger partial charge is 0.447 e. The number of benzene rings is 1. The zero-order valence-corrected chi connectivity index (χ0v) is 14.7. The fourth-order valence-electron chi connectivity index (χ4n) is 3.76. The van der Waals surface area contributed by atoms with Crippen LogP contribution in [0.5, 0.6) is 0 Å². The summed E-state index contributed by atoms with van der Waals surface area (Å²) in [5.41, 5.74) is 1.26. The molecule has 25 heavy (non-hydrogen) atoms. The van der Waals surface area contributed by atoms with E-state index >= 15 is 0 Å². The molecule has 1 amide bonds. The SMILES string of the molecule is C[C@@H](O)[C@H]1C(=O)N2C(C(=O)OP)=C(c3ccc([N+](=O)[O-])cc3)[C@H](C)[C@H]12. The first-order valence-corrected chi connectivity index (χ1v) is 8.18. The molecule has 0 radical (unpaired) electrons. The standard InChI is InChI=1S/C16H17N2O6P/c1-7-11(9-3-5-10(6-4-9)18(22)23)14(16(21)24-25)17-13(7)12(8(2)19)15(17)20/h3-8,12-13,19H,25H2,1-2H3/t7-,8+,12+,13+/m0/s1. The molecule has 1 saturated heterocycles. The molecule has 3 rings (SSSR count). The van der Waals surface area contributed by atoms with Gasteiger partial charge in [-0.3, -0.25) is 14.9 Å². The van der Waals surface area contributed by atoms with Crippen LogP contribution in [0.1, 0.15) is 19.4 Å². The number of nitrogens with zero attached hydrogens (tertiary/aromatic N) is 2. The molecule has 0 aliphatic carbocycles. The highest BCUT2D eigenvalue weighted by Gasteiger charge is 2.60. The minimum Gasteiger partial charge on any atom is -0.447 e. The van der Waals surface area contributed by atoms with Crippen molar-refractivity contribution in [2.45, 2.75) is 26.0 Å². The van der Waals surface area contributed by atoms with Gasteiger partial charge in [-0.25, -0.2) is 4.79 Å². The van der Waals surface area contributed by atoms with Crippen molar-refractivity contribution in [3.8, 4) is 0 Å². The molecule has 5 atom stereocenters. The average Bonchev–Trinajstić information content (AvgIpc) is 2.82. The summed E-state index contributed by atoms with van der Waals surface area (Å²) in [4.78, 5) is 36.4. The topological polar surface area (TPSA) is 110 Å². The Labute approximate surface area is 145 Å². The van der Waals surface area contributed by atoms with Gasteiger partial charge in [-0.2, -0.15) is 0 Å². The van der Waals surface area contributed by atoms with Gasteiger partial charge in [0.15, 0.2) is 0 Å². The van der Waals surface area contributed by atoms with Gasteiger partial charge in [-0.1, -0.05) is 6.92 Å². The fourth-order valence-corrected chi connectivity index (χ4v) is 3.87. The van der Waals surface area contributed by atoms with Crippen molar-refractivity contribution in [3.63, 3.8) is 0 Å². The first-order chi connectivity index (χ1) is 11.8. The average molecular weight is 364 g/mol.